The van der Waals surface area contributed by atoms with Gasteiger partial charge in [0.05, 0.1) is 19.1 Å². The van der Waals surface area contributed by atoms with Crippen LogP contribution in [0.5, 0.6) is 11.5 Å². The minimum atomic E-state index is -3.51. The molecule has 1 aliphatic rings. The third-order valence-corrected chi connectivity index (χ3v) is 7.26. The number of rotatable bonds is 9. The molecule has 0 saturated carbocycles. The molecule has 9 nitrogen and oxygen atoms in total. The molecule has 33 heavy (non-hydrogen) atoms. The Morgan fingerprint density at radius 1 is 0.939 bits per heavy atom. The summed E-state index contributed by atoms with van der Waals surface area (Å²) < 4.78 is 37.2. The third-order valence-electron chi connectivity index (χ3n) is 5.34. The zero-order valence-corrected chi connectivity index (χ0v) is 19.6. The van der Waals surface area contributed by atoms with E-state index >= 15 is 0 Å². The van der Waals surface area contributed by atoms with Crippen LogP contribution in [-0.2, 0) is 14.8 Å². The van der Waals surface area contributed by atoms with Crippen molar-refractivity contribution in [1.29, 1.82) is 0 Å². The average Bonchev–Trinajstić information content (AvgIpc) is 2.84. The van der Waals surface area contributed by atoms with Gasteiger partial charge in [0.1, 0.15) is 11.5 Å². The number of sulfonamides is 1. The number of hydrogen-bond acceptors (Lipinski definition) is 6. The maximum absolute atomic E-state index is 12.7. The van der Waals surface area contributed by atoms with E-state index in [9.17, 15) is 18.0 Å². The lowest BCUT2D eigenvalue weighted by molar-refractivity contribution is -0.116. The third kappa shape index (κ3) is 6.45. The first kappa shape index (κ1) is 24.5. The highest BCUT2D eigenvalue weighted by Gasteiger charge is 2.25. The molecule has 1 heterocycles. The van der Waals surface area contributed by atoms with Gasteiger partial charge in [-0.25, -0.2) is 8.42 Å². The molecular formula is C23H29N3O6S. The Hall–Kier alpha value is -3.11. The first-order chi connectivity index (χ1) is 15.8. The van der Waals surface area contributed by atoms with Gasteiger partial charge in [-0.15, -0.1) is 0 Å². The maximum Gasteiger partial charge on any atom is 0.251 e. The summed E-state index contributed by atoms with van der Waals surface area (Å²) in [5.74, 6) is 0.323. The van der Waals surface area contributed by atoms with Crippen molar-refractivity contribution in [2.45, 2.75) is 30.6 Å². The molecule has 2 aromatic carbocycles. The molecule has 2 aromatic rings. The zero-order valence-electron chi connectivity index (χ0n) is 18.8. The Bertz CT molecular complexity index is 1060. The van der Waals surface area contributed by atoms with Crippen LogP contribution in [0.25, 0.3) is 0 Å². The Balaban J connectivity index is 1.50. The first-order valence-electron chi connectivity index (χ1n) is 10.7. The van der Waals surface area contributed by atoms with Crippen LogP contribution in [0.4, 0.5) is 5.69 Å². The summed E-state index contributed by atoms with van der Waals surface area (Å²) in [7, 11) is -0.519. The van der Waals surface area contributed by atoms with Crippen molar-refractivity contribution in [3.8, 4) is 11.5 Å². The van der Waals surface area contributed by atoms with Gasteiger partial charge in [-0.2, -0.15) is 4.31 Å². The number of piperidine rings is 1. The highest BCUT2D eigenvalue weighted by atomic mass is 32.2. The summed E-state index contributed by atoms with van der Waals surface area (Å²) in [5.41, 5.74) is 0.846. The molecule has 1 fully saturated rings. The lowest BCUT2D eigenvalue weighted by Gasteiger charge is -2.25. The molecule has 0 aromatic heterocycles. The predicted molar refractivity (Wildman–Crippen MR) is 124 cm³/mol. The smallest absolute Gasteiger partial charge is 0.251 e. The lowest BCUT2D eigenvalue weighted by Crippen LogP contribution is -2.35. The van der Waals surface area contributed by atoms with Crippen molar-refractivity contribution in [2.75, 3.05) is 39.2 Å². The molecule has 0 spiro atoms. The molecule has 178 valence electrons. The second-order valence-electron chi connectivity index (χ2n) is 7.64. The minimum absolute atomic E-state index is 0.0562. The summed E-state index contributed by atoms with van der Waals surface area (Å²) in [6, 6.07) is 10.9. The molecule has 0 unspecified atom stereocenters. The maximum atomic E-state index is 12.7. The number of benzene rings is 2. The molecule has 0 bridgehead atoms. The fourth-order valence-corrected chi connectivity index (χ4v) is 5.04. The lowest BCUT2D eigenvalue weighted by atomic mass is 10.2. The molecule has 2 N–H and O–H groups in total. The molecular weight excluding hydrogens is 446 g/mol. The van der Waals surface area contributed by atoms with Gasteiger partial charge in [0.15, 0.2) is 0 Å². The topological polar surface area (TPSA) is 114 Å². The van der Waals surface area contributed by atoms with Crippen LogP contribution >= 0.6 is 0 Å². The van der Waals surface area contributed by atoms with E-state index in [-0.39, 0.29) is 29.7 Å². The van der Waals surface area contributed by atoms with Crippen LogP contribution in [0, 0.1) is 0 Å². The number of nitrogens with one attached hydrogen (secondary N) is 2. The van der Waals surface area contributed by atoms with Crippen LogP contribution in [-0.4, -0.2) is 58.4 Å². The summed E-state index contributed by atoms with van der Waals surface area (Å²) in [4.78, 5) is 24.8. The van der Waals surface area contributed by atoms with Gasteiger partial charge in [0.2, 0.25) is 15.9 Å². The number of methoxy groups -OCH3 is 2. The molecule has 0 radical (unpaired) electrons. The SMILES string of the molecule is COc1cc(OC)cc(C(=O)NCCC(=O)Nc2ccc(S(=O)(=O)N3CCCCC3)cc2)c1. The van der Waals surface area contributed by atoms with Gasteiger partial charge >= 0.3 is 0 Å². The van der Waals surface area contributed by atoms with Crippen molar-refractivity contribution >= 4 is 27.5 Å². The van der Waals surface area contributed by atoms with Crippen molar-refractivity contribution in [3.63, 3.8) is 0 Å². The van der Waals surface area contributed by atoms with Crippen molar-refractivity contribution in [2.24, 2.45) is 0 Å². The van der Waals surface area contributed by atoms with Crippen molar-refractivity contribution in [1.82, 2.24) is 9.62 Å². The Kier molecular flexibility index (Phi) is 8.29. The number of anilines is 1. The largest absolute Gasteiger partial charge is 0.497 e. The van der Waals surface area contributed by atoms with E-state index in [0.29, 0.717) is 35.8 Å². The van der Waals surface area contributed by atoms with Gasteiger partial charge in [0.25, 0.3) is 5.91 Å². The van der Waals surface area contributed by atoms with Crippen LogP contribution in [0.3, 0.4) is 0 Å². The predicted octanol–water partition coefficient (Wildman–Crippen LogP) is 2.64. The summed E-state index contributed by atoms with van der Waals surface area (Å²) >= 11 is 0. The van der Waals surface area contributed by atoms with E-state index in [1.54, 1.807) is 30.3 Å². The summed E-state index contributed by atoms with van der Waals surface area (Å²) in [6.45, 7) is 1.20. The van der Waals surface area contributed by atoms with Gasteiger partial charge in [-0.3, -0.25) is 9.59 Å². The number of hydrogen-bond donors (Lipinski definition) is 2. The first-order valence-corrected chi connectivity index (χ1v) is 12.2. The molecule has 3 rings (SSSR count). The van der Waals surface area contributed by atoms with E-state index in [4.69, 9.17) is 9.47 Å². The van der Waals surface area contributed by atoms with Gasteiger partial charge in [-0.05, 0) is 49.2 Å². The summed E-state index contributed by atoms with van der Waals surface area (Å²) in [5, 5.41) is 5.40. The zero-order chi connectivity index (χ0) is 23.8. The van der Waals surface area contributed by atoms with Gasteiger partial charge in [-0.1, -0.05) is 6.42 Å². The Labute approximate surface area is 194 Å². The highest BCUT2D eigenvalue weighted by Crippen LogP contribution is 2.23. The van der Waals surface area contributed by atoms with Crippen molar-refractivity contribution in [3.05, 3.63) is 48.0 Å². The Morgan fingerprint density at radius 3 is 2.12 bits per heavy atom. The van der Waals surface area contributed by atoms with Gasteiger partial charge < -0.3 is 20.1 Å². The van der Waals surface area contributed by atoms with E-state index in [1.165, 1.54) is 30.7 Å². The van der Waals surface area contributed by atoms with Crippen LogP contribution in [0.2, 0.25) is 0 Å². The number of carbonyl (C=O) groups excluding carboxylic acids is 2. The van der Waals surface area contributed by atoms with E-state index in [0.717, 1.165) is 19.3 Å². The molecule has 10 heteroatoms. The quantitative estimate of drug-likeness (QED) is 0.576. The average molecular weight is 476 g/mol. The normalized spacial score (nSPS) is 14.4. The van der Waals surface area contributed by atoms with Crippen molar-refractivity contribution < 1.29 is 27.5 Å². The molecule has 1 saturated heterocycles. The summed E-state index contributed by atoms with van der Waals surface area (Å²) in [6.07, 6.45) is 2.84. The van der Waals surface area contributed by atoms with E-state index < -0.39 is 10.0 Å². The van der Waals surface area contributed by atoms with Gasteiger partial charge in [0, 0.05) is 43.4 Å². The second kappa shape index (κ2) is 11.2. The molecule has 0 aliphatic carbocycles. The monoisotopic (exact) mass is 475 g/mol. The number of amides is 2. The number of nitrogens with zero attached hydrogens (tertiary/aromatic N) is 1. The highest BCUT2D eigenvalue weighted by molar-refractivity contribution is 7.89. The minimum Gasteiger partial charge on any atom is -0.497 e. The molecule has 0 atom stereocenters. The van der Waals surface area contributed by atoms with Crippen LogP contribution < -0.4 is 20.1 Å². The van der Waals surface area contributed by atoms with Crippen LogP contribution in [0.15, 0.2) is 47.4 Å². The fourth-order valence-electron chi connectivity index (χ4n) is 3.52. The standard InChI is InChI=1S/C23H29N3O6S/c1-31-19-14-17(15-20(16-19)32-2)23(28)24-11-10-22(27)25-18-6-8-21(9-7-18)33(29,30)26-12-4-3-5-13-26/h6-9,14-16H,3-5,10-13H2,1-2H3,(H,24,28)(H,25,27). The van der Waals surface area contributed by atoms with E-state index in [1.807, 2.05) is 0 Å². The Morgan fingerprint density at radius 2 is 1.55 bits per heavy atom. The number of carbonyl (C=O) groups is 2. The molecule has 2 amide bonds. The molecule has 1 aliphatic heterocycles. The van der Waals surface area contributed by atoms with Crippen LogP contribution in [0.1, 0.15) is 36.0 Å². The second-order valence-corrected chi connectivity index (χ2v) is 9.58. The van der Waals surface area contributed by atoms with E-state index in [2.05, 4.69) is 10.6 Å². The number of ether oxygens (including phenoxy) is 2. The fraction of sp³-hybridized carbons (Fsp3) is 0.391.